The number of hydrogen-bond donors (Lipinski definition) is 1. The highest BCUT2D eigenvalue weighted by Crippen LogP contribution is 2.34. The van der Waals surface area contributed by atoms with E-state index in [2.05, 4.69) is 19.9 Å². The molecule has 2 unspecified atom stereocenters. The first-order chi connectivity index (χ1) is 14.4. The molecule has 1 aliphatic rings. The van der Waals surface area contributed by atoms with Crippen LogP contribution in [0.25, 0.3) is 0 Å². The number of aromatic nitrogens is 2. The molecule has 3 rings (SSSR count). The minimum Gasteiger partial charge on any atom is -0.429 e. The van der Waals surface area contributed by atoms with Crippen LogP contribution < -0.4 is 10.1 Å². The Balaban J connectivity index is 1.59. The molecule has 12 heteroatoms. The van der Waals surface area contributed by atoms with E-state index in [1.54, 1.807) is 7.05 Å². The summed E-state index contributed by atoms with van der Waals surface area (Å²) in [6, 6.07) is 4.64. The van der Waals surface area contributed by atoms with Gasteiger partial charge in [0.1, 0.15) is 11.4 Å². The fourth-order valence-electron chi connectivity index (χ4n) is 3.34. The smallest absolute Gasteiger partial charge is 0.429 e. The first-order valence-corrected chi connectivity index (χ1v) is 9.25. The number of hydrogen-bond acceptors (Lipinski definition) is 4. The van der Waals surface area contributed by atoms with Crippen LogP contribution in [-0.2, 0) is 24.8 Å². The van der Waals surface area contributed by atoms with Gasteiger partial charge in [0.25, 0.3) is 5.91 Å². The summed E-state index contributed by atoms with van der Waals surface area (Å²) in [5, 5.41) is 7.09. The fraction of sp³-hybridized carbons (Fsp3) is 0.474. The van der Waals surface area contributed by atoms with Crippen LogP contribution >= 0.6 is 0 Å². The summed E-state index contributed by atoms with van der Waals surface area (Å²) in [4.78, 5) is 12.6. The number of carbonyl (C=O) groups excluding carboxylic acids is 1. The zero-order chi connectivity index (χ0) is 23.0. The van der Waals surface area contributed by atoms with E-state index in [-0.39, 0.29) is 18.4 Å². The predicted molar refractivity (Wildman–Crippen MR) is 95.2 cm³/mol. The van der Waals surface area contributed by atoms with E-state index < -0.39 is 24.6 Å². The quantitative estimate of drug-likeness (QED) is 0.641. The topological polar surface area (TPSA) is 65.4 Å². The van der Waals surface area contributed by atoms with Crippen molar-refractivity contribution in [2.75, 3.05) is 0 Å². The van der Waals surface area contributed by atoms with Gasteiger partial charge in [0.2, 0.25) is 0 Å². The van der Waals surface area contributed by atoms with E-state index in [1.807, 2.05) is 6.92 Å². The van der Waals surface area contributed by atoms with Crippen molar-refractivity contribution in [3.63, 3.8) is 0 Å². The van der Waals surface area contributed by atoms with E-state index in [0.29, 0.717) is 11.3 Å². The van der Waals surface area contributed by atoms with Crippen LogP contribution in [0.3, 0.4) is 0 Å². The number of carbonyl (C=O) groups is 1. The summed E-state index contributed by atoms with van der Waals surface area (Å²) in [5.74, 6) is -0.646. The van der Waals surface area contributed by atoms with Gasteiger partial charge in [-0.25, -0.2) is 9.13 Å². The van der Waals surface area contributed by atoms with E-state index in [0.717, 1.165) is 36.2 Å². The lowest BCUT2D eigenvalue weighted by Gasteiger charge is -2.22. The summed E-state index contributed by atoms with van der Waals surface area (Å²) < 4.78 is 83.8. The Labute approximate surface area is 173 Å². The fourth-order valence-corrected chi connectivity index (χ4v) is 3.34. The zero-order valence-corrected chi connectivity index (χ0v) is 16.5. The number of amides is 1. The molecular weight excluding hydrogens is 432 g/mol. The maximum Gasteiger partial charge on any atom is 0.525 e. The highest BCUT2D eigenvalue weighted by Gasteiger charge is 2.50. The summed E-state index contributed by atoms with van der Waals surface area (Å²) >= 11 is 0. The van der Waals surface area contributed by atoms with Gasteiger partial charge in [0.15, 0.2) is 0 Å². The highest BCUT2D eigenvalue weighted by molar-refractivity contribution is 5.94. The van der Waals surface area contributed by atoms with Crippen molar-refractivity contribution in [2.45, 2.75) is 51.1 Å². The lowest BCUT2D eigenvalue weighted by Crippen LogP contribution is -2.41. The lowest BCUT2D eigenvalue weighted by molar-refractivity contribution is -0.411. The largest absolute Gasteiger partial charge is 0.525 e. The van der Waals surface area contributed by atoms with Crippen molar-refractivity contribution in [1.82, 2.24) is 15.1 Å². The van der Waals surface area contributed by atoms with Gasteiger partial charge in [0.05, 0.1) is 5.69 Å². The molecule has 0 fully saturated rings. The number of ether oxygens (including phenoxy) is 2. The molecule has 170 valence electrons. The van der Waals surface area contributed by atoms with Gasteiger partial charge < -0.3 is 10.1 Å². The number of aryl methyl sites for hydroxylation is 1. The maximum absolute atomic E-state index is 13.4. The van der Waals surface area contributed by atoms with Crippen molar-refractivity contribution >= 4 is 5.91 Å². The van der Waals surface area contributed by atoms with Crippen LogP contribution in [0.2, 0.25) is 0 Å². The van der Waals surface area contributed by atoms with E-state index in [9.17, 15) is 31.1 Å². The molecule has 1 N–H and O–H groups in total. The predicted octanol–water partition coefficient (Wildman–Crippen LogP) is 4.20. The normalized spacial score (nSPS) is 17.4. The van der Waals surface area contributed by atoms with Gasteiger partial charge in [0, 0.05) is 25.1 Å². The van der Waals surface area contributed by atoms with Gasteiger partial charge in [-0.1, -0.05) is 19.1 Å². The first-order valence-electron chi connectivity index (χ1n) is 9.25. The Morgan fingerprint density at radius 1 is 1.26 bits per heavy atom. The molecule has 2 atom stereocenters. The maximum atomic E-state index is 13.4. The van der Waals surface area contributed by atoms with Crippen LogP contribution in [0.1, 0.15) is 46.6 Å². The summed E-state index contributed by atoms with van der Waals surface area (Å²) in [6.45, 7) is 2.09. The third-order valence-electron chi connectivity index (χ3n) is 4.82. The molecule has 0 radical (unpaired) electrons. The minimum absolute atomic E-state index is 0.0495. The second-order valence-electron chi connectivity index (χ2n) is 7.15. The van der Waals surface area contributed by atoms with Gasteiger partial charge in [-0.2, -0.15) is 13.9 Å². The van der Waals surface area contributed by atoms with E-state index in [1.165, 1.54) is 16.8 Å². The minimum atomic E-state index is -5.58. The van der Waals surface area contributed by atoms with Crippen LogP contribution in [0.15, 0.2) is 24.3 Å². The number of alkyl halides is 6. The molecule has 1 aromatic carbocycles. The SMILES string of the molecule is CC1CCc2c1nn(C)c2C(=O)NCc1ccc(OC(F)(F)C(F)OC(F)(F)F)cc1. The molecule has 1 heterocycles. The number of nitrogens with one attached hydrogen (secondary N) is 1. The lowest BCUT2D eigenvalue weighted by atomic mass is 10.1. The molecule has 0 bridgehead atoms. The van der Waals surface area contributed by atoms with Crippen molar-refractivity contribution in [3.05, 3.63) is 46.8 Å². The van der Waals surface area contributed by atoms with E-state index >= 15 is 0 Å². The van der Waals surface area contributed by atoms with Crippen LogP contribution in [0, 0.1) is 0 Å². The van der Waals surface area contributed by atoms with Crippen molar-refractivity contribution < 1.29 is 40.6 Å². The number of rotatable bonds is 7. The molecule has 0 aliphatic heterocycles. The summed E-state index contributed by atoms with van der Waals surface area (Å²) in [6.07, 6.45) is -12.8. The molecule has 0 saturated heterocycles. The summed E-state index contributed by atoms with van der Waals surface area (Å²) in [5.41, 5.74) is 2.76. The molecule has 1 aliphatic carbocycles. The zero-order valence-electron chi connectivity index (χ0n) is 16.5. The van der Waals surface area contributed by atoms with Gasteiger partial charge >= 0.3 is 18.8 Å². The second-order valence-corrected chi connectivity index (χ2v) is 7.15. The third-order valence-corrected chi connectivity index (χ3v) is 4.82. The number of benzene rings is 1. The molecule has 0 saturated carbocycles. The van der Waals surface area contributed by atoms with Crippen molar-refractivity contribution in [3.8, 4) is 5.75 Å². The standard InChI is InChI=1S/C19H19F6N3O3/c1-10-3-8-13-14(10)27-28(2)15(13)16(29)26-9-11-4-6-12(7-5-11)30-18(21,22)17(20)31-19(23,24)25/h4-7,10,17H,3,8-9H2,1-2H3,(H,26,29). The third kappa shape index (κ3) is 5.30. The Hall–Kier alpha value is -2.76. The molecule has 1 aromatic heterocycles. The summed E-state index contributed by atoms with van der Waals surface area (Å²) in [7, 11) is 1.67. The molecule has 31 heavy (non-hydrogen) atoms. The first kappa shape index (κ1) is 22.9. The Bertz CT molecular complexity index is 943. The van der Waals surface area contributed by atoms with Crippen LogP contribution in [0.4, 0.5) is 26.3 Å². The number of fused-ring (bicyclic) bond motifs is 1. The van der Waals surface area contributed by atoms with E-state index in [4.69, 9.17) is 0 Å². The molecule has 1 amide bonds. The Kier molecular flexibility index (Phi) is 6.21. The number of nitrogens with zero attached hydrogens (tertiary/aromatic N) is 2. The van der Waals surface area contributed by atoms with Crippen molar-refractivity contribution in [2.24, 2.45) is 7.05 Å². The second kappa shape index (κ2) is 8.40. The van der Waals surface area contributed by atoms with Gasteiger partial charge in [-0.05, 0) is 30.5 Å². The van der Waals surface area contributed by atoms with Gasteiger partial charge in [-0.3, -0.25) is 9.48 Å². The van der Waals surface area contributed by atoms with Gasteiger partial charge in [-0.15, -0.1) is 13.2 Å². The molecule has 0 spiro atoms. The Morgan fingerprint density at radius 2 is 1.90 bits per heavy atom. The molecular formula is C19H19F6N3O3. The van der Waals surface area contributed by atoms with Crippen molar-refractivity contribution in [1.29, 1.82) is 0 Å². The average Bonchev–Trinajstić information content (AvgIpc) is 3.17. The highest BCUT2D eigenvalue weighted by atomic mass is 19.4. The van der Waals surface area contributed by atoms with Crippen LogP contribution in [-0.4, -0.2) is 34.5 Å². The number of halogens is 6. The average molecular weight is 451 g/mol. The Morgan fingerprint density at radius 3 is 2.52 bits per heavy atom. The van der Waals surface area contributed by atoms with Crippen LogP contribution in [0.5, 0.6) is 5.75 Å². The molecule has 6 nitrogen and oxygen atoms in total. The monoisotopic (exact) mass is 451 g/mol. The molecule has 2 aromatic rings.